The Morgan fingerprint density at radius 3 is 2.84 bits per heavy atom. The van der Waals surface area contributed by atoms with Gasteiger partial charge in [0, 0.05) is 20.2 Å². The molecule has 0 fully saturated rings. The van der Waals surface area contributed by atoms with Crippen LogP contribution in [0.15, 0.2) is 18.2 Å². The maximum absolute atomic E-state index is 12.4. The molecule has 0 saturated carbocycles. The van der Waals surface area contributed by atoms with Gasteiger partial charge in [0.1, 0.15) is 5.75 Å². The molecule has 1 amide bonds. The van der Waals surface area contributed by atoms with Crippen LogP contribution in [0.25, 0.3) is 0 Å². The van der Waals surface area contributed by atoms with Crippen molar-refractivity contribution in [2.24, 2.45) is 5.73 Å². The minimum atomic E-state index is -0.230. The molecule has 0 unspecified atom stereocenters. The van der Waals surface area contributed by atoms with Crippen LogP contribution in [0, 0.1) is 0 Å². The first kappa shape index (κ1) is 15.8. The Morgan fingerprint density at radius 1 is 1.47 bits per heavy atom. The monoisotopic (exact) mass is 286 g/mol. The lowest BCUT2D eigenvalue weighted by Gasteiger charge is -2.22. The number of nitrogens with zero attached hydrogens (tertiary/aromatic N) is 1. The Morgan fingerprint density at radius 2 is 2.21 bits per heavy atom. The molecule has 3 N–H and O–H groups in total. The van der Waals surface area contributed by atoms with Crippen molar-refractivity contribution in [2.75, 3.05) is 33.4 Å². The molecule has 0 radical (unpaired) electrons. The first-order valence-corrected chi connectivity index (χ1v) is 6.44. The van der Waals surface area contributed by atoms with E-state index in [0.29, 0.717) is 37.7 Å². The summed E-state index contributed by atoms with van der Waals surface area (Å²) >= 11 is 5.99. The van der Waals surface area contributed by atoms with E-state index in [2.05, 4.69) is 0 Å². The molecule has 0 bridgehead atoms. The van der Waals surface area contributed by atoms with E-state index in [1.165, 1.54) is 18.2 Å². The summed E-state index contributed by atoms with van der Waals surface area (Å²) < 4.78 is 4.98. The number of phenols is 1. The third kappa shape index (κ3) is 4.70. The van der Waals surface area contributed by atoms with Crippen LogP contribution < -0.4 is 5.73 Å². The Labute approximate surface area is 117 Å². The molecule has 5 nitrogen and oxygen atoms in total. The standard InChI is InChI=1S/C13H19ClN2O3/c1-19-8-7-16(6-2-5-15)13(18)11-9-10(17)3-4-12(11)14/h3-4,9,17H,2,5-8,15H2,1H3. The molecule has 0 aliphatic carbocycles. The van der Waals surface area contributed by atoms with Crippen LogP contribution in [-0.4, -0.2) is 49.3 Å². The van der Waals surface area contributed by atoms with Gasteiger partial charge in [-0.3, -0.25) is 4.79 Å². The predicted molar refractivity (Wildman–Crippen MR) is 74.6 cm³/mol. The second-order valence-electron chi connectivity index (χ2n) is 4.09. The van der Waals surface area contributed by atoms with Crippen molar-refractivity contribution >= 4 is 17.5 Å². The predicted octanol–water partition coefficient (Wildman–Crippen LogP) is 1.48. The van der Waals surface area contributed by atoms with Crippen LogP contribution in [0.5, 0.6) is 5.75 Å². The van der Waals surface area contributed by atoms with E-state index < -0.39 is 0 Å². The number of methoxy groups -OCH3 is 1. The topological polar surface area (TPSA) is 75.8 Å². The van der Waals surface area contributed by atoms with E-state index in [4.69, 9.17) is 22.1 Å². The normalized spacial score (nSPS) is 10.5. The number of amides is 1. The summed E-state index contributed by atoms with van der Waals surface area (Å²) in [5, 5.41) is 9.76. The van der Waals surface area contributed by atoms with Gasteiger partial charge in [0.05, 0.1) is 17.2 Å². The van der Waals surface area contributed by atoms with Gasteiger partial charge in [-0.25, -0.2) is 0 Å². The molecule has 0 aliphatic rings. The van der Waals surface area contributed by atoms with Crippen LogP contribution in [0.2, 0.25) is 5.02 Å². The quantitative estimate of drug-likeness (QED) is 0.796. The van der Waals surface area contributed by atoms with Gasteiger partial charge in [-0.05, 0) is 31.2 Å². The van der Waals surface area contributed by atoms with Gasteiger partial charge in [-0.2, -0.15) is 0 Å². The second kappa shape index (κ2) is 7.99. The molecule has 0 spiro atoms. The van der Waals surface area contributed by atoms with E-state index in [-0.39, 0.29) is 17.2 Å². The molecule has 1 aromatic carbocycles. The molecule has 0 aromatic heterocycles. The van der Waals surface area contributed by atoms with Crippen molar-refractivity contribution in [3.8, 4) is 5.75 Å². The summed E-state index contributed by atoms with van der Waals surface area (Å²) in [6.07, 6.45) is 0.700. The summed E-state index contributed by atoms with van der Waals surface area (Å²) in [5.74, 6) is -0.218. The maximum Gasteiger partial charge on any atom is 0.255 e. The lowest BCUT2D eigenvalue weighted by atomic mass is 10.1. The smallest absolute Gasteiger partial charge is 0.255 e. The summed E-state index contributed by atoms with van der Waals surface area (Å²) in [7, 11) is 1.58. The Balaban J connectivity index is 2.87. The minimum absolute atomic E-state index is 0.0123. The van der Waals surface area contributed by atoms with Crippen LogP contribution in [0.4, 0.5) is 0 Å². The number of rotatable bonds is 7. The van der Waals surface area contributed by atoms with E-state index in [9.17, 15) is 9.90 Å². The van der Waals surface area contributed by atoms with Crippen LogP contribution in [-0.2, 0) is 4.74 Å². The number of nitrogens with two attached hydrogens (primary N) is 1. The highest BCUT2D eigenvalue weighted by molar-refractivity contribution is 6.33. The first-order chi connectivity index (χ1) is 9.10. The van der Waals surface area contributed by atoms with E-state index in [1.807, 2.05) is 0 Å². The van der Waals surface area contributed by atoms with Gasteiger partial charge >= 0.3 is 0 Å². The fourth-order valence-corrected chi connectivity index (χ4v) is 1.84. The average molecular weight is 287 g/mol. The highest BCUT2D eigenvalue weighted by Gasteiger charge is 2.18. The zero-order valence-electron chi connectivity index (χ0n) is 10.9. The van der Waals surface area contributed by atoms with Crippen LogP contribution in [0.1, 0.15) is 16.8 Å². The Bertz CT molecular complexity index is 418. The average Bonchev–Trinajstić information content (AvgIpc) is 2.41. The number of hydrogen-bond donors (Lipinski definition) is 2. The molecular formula is C13H19ClN2O3. The molecule has 0 atom stereocenters. The highest BCUT2D eigenvalue weighted by atomic mass is 35.5. The number of phenolic OH excluding ortho intramolecular Hbond substituents is 1. The Kier molecular flexibility index (Phi) is 6.62. The van der Waals surface area contributed by atoms with Crippen LogP contribution >= 0.6 is 11.6 Å². The van der Waals surface area contributed by atoms with Gasteiger partial charge in [-0.15, -0.1) is 0 Å². The molecule has 0 aliphatic heterocycles. The third-order valence-corrected chi connectivity index (χ3v) is 2.99. The molecular weight excluding hydrogens is 268 g/mol. The second-order valence-corrected chi connectivity index (χ2v) is 4.50. The zero-order chi connectivity index (χ0) is 14.3. The lowest BCUT2D eigenvalue weighted by molar-refractivity contribution is 0.0694. The molecule has 106 valence electrons. The molecule has 1 rings (SSSR count). The molecule has 6 heteroatoms. The molecule has 0 heterocycles. The summed E-state index contributed by atoms with van der Waals surface area (Å²) in [4.78, 5) is 14.0. The number of benzene rings is 1. The van der Waals surface area contributed by atoms with Crippen molar-refractivity contribution in [3.63, 3.8) is 0 Å². The number of hydrogen-bond acceptors (Lipinski definition) is 4. The number of halogens is 1. The summed E-state index contributed by atoms with van der Waals surface area (Å²) in [6, 6.07) is 4.31. The molecule has 19 heavy (non-hydrogen) atoms. The maximum atomic E-state index is 12.4. The van der Waals surface area contributed by atoms with Crippen molar-refractivity contribution in [1.29, 1.82) is 0 Å². The number of ether oxygens (including phenoxy) is 1. The first-order valence-electron chi connectivity index (χ1n) is 6.07. The zero-order valence-corrected chi connectivity index (χ0v) is 11.7. The number of carbonyl (C=O) groups excluding carboxylic acids is 1. The van der Waals surface area contributed by atoms with E-state index in [1.54, 1.807) is 12.0 Å². The van der Waals surface area contributed by atoms with Gasteiger partial charge in [0.15, 0.2) is 0 Å². The number of carbonyl (C=O) groups is 1. The summed E-state index contributed by atoms with van der Waals surface area (Å²) in [5.41, 5.74) is 5.75. The summed E-state index contributed by atoms with van der Waals surface area (Å²) in [6.45, 7) is 1.93. The third-order valence-electron chi connectivity index (χ3n) is 2.67. The Hall–Kier alpha value is -1.30. The number of aromatic hydroxyl groups is 1. The van der Waals surface area contributed by atoms with Crippen LogP contribution in [0.3, 0.4) is 0 Å². The minimum Gasteiger partial charge on any atom is -0.508 e. The van der Waals surface area contributed by atoms with Gasteiger partial charge in [0.25, 0.3) is 5.91 Å². The van der Waals surface area contributed by atoms with Crippen molar-refractivity contribution in [1.82, 2.24) is 4.90 Å². The van der Waals surface area contributed by atoms with Crippen molar-refractivity contribution in [2.45, 2.75) is 6.42 Å². The van der Waals surface area contributed by atoms with E-state index in [0.717, 1.165) is 0 Å². The highest BCUT2D eigenvalue weighted by Crippen LogP contribution is 2.22. The SMILES string of the molecule is COCCN(CCCN)C(=O)c1cc(O)ccc1Cl. The fraction of sp³-hybridized carbons (Fsp3) is 0.462. The van der Waals surface area contributed by atoms with Gasteiger partial charge in [-0.1, -0.05) is 11.6 Å². The fourth-order valence-electron chi connectivity index (χ4n) is 1.65. The van der Waals surface area contributed by atoms with Crippen molar-refractivity contribution < 1.29 is 14.6 Å². The van der Waals surface area contributed by atoms with Gasteiger partial charge < -0.3 is 20.5 Å². The van der Waals surface area contributed by atoms with Gasteiger partial charge in [0.2, 0.25) is 0 Å². The molecule has 0 saturated heterocycles. The van der Waals surface area contributed by atoms with Crippen molar-refractivity contribution in [3.05, 3.63) is 28.8 Å². The van der Waals surface area contributed by atoms with E-state index >= 15 is 0 Å². The molecule has 1 aromatic rings. The lowest BCUT2D eigenvalue weighted by Crippen LogP contribution is -2.35. The largest absolute Gasteiger partial charge is 0.508 e.